The number of hydrogen-bond acceptors (Lipinski definition) is 2. The third-order valence-electron chi connectivity index (χ3n) is 2.68. The molecule has 2 atom stereocenters. The van der Waals surface area contributed by atoms with Gasteiger partial charge in [-0.1, -0.05) is 17.7 Å². The number of benzene rings is 1. The average Bonchev–Trinajstić information content (AvgIpc) is 2.56. The summed E-state index contributed by atoms with van der Waals surface area (Å²) in [6.07, 6.45) is 2.65. The fourth-order valence-electron chi connectivity index (χ4n) is 1.83. The first kappa shape index (κ1) is 9.53. The van der Waals surface area contributed by atoms with Gasteiger partial charge in [0.1, 0.15) is 11.9 Å². The number of aliphatic hydroxyl groups excluding tert-OH is 1. The number of aryl methyl sites for hydroxylation is 1. The second-order valence-electron chi connectivity index (χ2n) is 4.02. The summed E-state index contributed by atoms with van der Waals surface area (Å²) in [6, 6.07) is 8.06. The third-order valence-corrected chi connectivity index (χ3v) is 2.68. The van der Waals surface area contributed by atoms with E-state index in [9.17, 15) is 5.11 Å². The molecule has 1 aromatic rings. The van der Waals surface area contributed by atoms with Gasteiger partial charge in [-0.3, -0.25) is 0 Å². The molecule has 0 spiro atoms. The predicted octanol–water partition coefficient (Wildman–Crippen LogP) is 2.29. The van der Waals surface area contributed by atoms with Crippen molar-refractivity contribution in [3.05, 3.63) is 29.8 Å². The van der Waals surface area contributed by atoms with E-state index in [1.54, 1.807) is 0 Å². The second kappa shape index (κ2) is 4.01. The highest BCUT2D eigenvalue weighted by atomic mass is 16.5. The van der Waals surface area contributed by atoms with Crippen LogP contribution in [0.15, 0.2) is 24.3 Å². The molecule has 76 valence electrons. The zero-order valence-corrected chi connectivity index (χ0v) is 8.44. The lowest BCUT2D eigenvalue weighted by molar-refractivity contribution is 0.150. The van der Waals surface area contributed by atoms with Crippen molar-refractivity contribution in [3.8, 4) is 5.75 Å². The van der Waals surface area contributed by atoms with E-state index in [2.05, 4.69) is 6.92 Å². The van der Waals surface area contributed by atoms with Crippen LogP contribution in [-0.4, -0.2) is 17.3 Å². The minimum atomic E-state index is -0.162. The summed E-state index contributed by atoms with van der Waals surface area (Å²) >= 11 is 0. The van der Waals surface area contributed by atoms with Gasteiger partial charge in [-0.2, -0.15) is 0 Å². The van der Waals surface area contributed by atoms with Gasteiger partial charge in [-0.05, 0) is 31.9 Å². The molecule has 0 saturated heterocycles. The Morgan fingerprint density at radius 3 is 2.50 bits per heavy atom. The summed E-state index contributed by atoms with van der Waals surface area (Å²) in [5, 5.41) is 9.34. The van der Waals surface area contributed by atoms with Crippen LogP contribution >= 0.6 is 0 Å². The molecule has 1 aliphatic rings. The molecule has 0 heterocycles. The summed E-state index contributed by atoms with van der Waals surface area (Å²) in [7, 11) is 0. The van der Waals surface area contributed by atoms with E-state index in [1.165, 1.54) is 5.56 Å². The lowest BCUT2D eigenvalue weighted by Crippen LogP contribution is -2.13. The van der Waals surface area contributed by atoms with Crippen molar-refractivity contribution in [2.75, 3.05) is 0 Å². The lowest BCUT2D eigenvalue weighted by Gasteiger charge is -2.12. The van der Waals surface area contributed by atoms with Gasteiger partial charge in [0, 0.05) is 6.42 Å². The Bertz CT molecular complexity index is 292. The van der Waals surface area contributed by atoms with Crippen molar-refractivity contribution in [3.63, 3.8) is 0 Å². The van der Waals surface area contributed by atoms with E-state index in [-0.39, 0.29) is 12.2 Å². The summed E-state index contributed by atoms with van der Waals surface area (Å²) in [5.74, 6) is 0.912. The van der Waals surface area contributed by atoms with Gasteiger partial charge < -0.3 is 9.84 Å². The van der Waals surface area contributed by atoms with Crippen LogP contribution in [0.3, 0.4) is 0 Å². The van der Waals surface area contributed by atoms with Crippen molar-refractivity contribution >= 4 is 0 Å². The molecule has 2 rings (SSSR count). The standard InChI is InChI=1S/C12H16O2/c1-9-2-5-11(6-3-9)14-12-7-4-10(13)8-12/h2-3,5-6,10,12-13H,4,7-8H2,1H3. The van der Waals surface area contributed by atoms with Crippen LogP contribution in [0.1, 0.15) is 24.8 Å². The van der Waals surface area contributed by atoms with Crippen molar-refractivity contribution < 1.29 is 9.84 Å². The molecular formula is C12H16O2. The highest BCUT2D eigenvalue weighted by Gasteiger charge is 2.23. The zero-order valence-electron chi connectivity index (χ0n) is 8.44. The molecule has 2 unspecified atom stereocenters. The van der Waals surface area contributed by atoms with Gasteiger partial charge in [-0.25, -0.2) is 0 Å². The predicted molar refractivity (Wildman–Crippen MR) is 55.5 cm³/mol. The Labute approximate surface area is 84.5 Å². The SMILES string of the molecule is Cc1ccc(OC2CCC(O)C2)cc1. The molecular weight excluding hydrogens is 176 g/mol. The normalized spacial score (nSPS) is 26.4. The van der Waals surface area contributed by atoms with Crippen LogP contribution in [0.4, 0.5) is 0 Å². The second-order valence-corrected chi connectivity index (χ2v) is 4.02. The Morgan fingerprint density at radius 1 is 1.21 bits per heavy atom. The summed E-state index contributed by atoms with van der Waals surface area (Å²) in [4.78, 5) is 0. The summed E-state index contributed by atoms with van der Waals surface area (Å²) in [5.41, 5.74) is 1.24. The van der Waals surface area contributed by atoms with Crippen molar-refractivity contribution in [1.29, 1.82) is 0 Å². The molecule has 1 N–H and O–H groups in total. The van der Waals surface area contributed by atoms with Gasteiger partial charge in [0.25, 0.3) is 0 Å². The molecule has 1 fully saturated rings. The molecule has 0 radical (unpaired) electrons. The van der Waals surface area contributed by atoms with E-state index >= 15 is 0 Å². The van der Waals surface area contributed by atoms with Gasteiger partial charge in [-0.15, -0.1) is 0 Å². The molecule has 2 nitrogen and oxygen atoms in total. The molecule has 1 saturated carbocycles. The van der Waals surface area contributed by atoms with Crippen LogP contribution < -0.4 is 4.74 Å². The first-order valence-corrected chi connectivity index (χ1v) is 5.15. The van der Waals surface area contributed by atoms with E-state index in [0.717, 1.165) is 25.0 Å². The fraction of sp³-hybridized carbons (Fsp3) is 0.500. The summed E-state index contributed by atoms with van der Waals surface area (Å²) in [6.45, 7) is 2.06. The smallest absolute Gasteiger partial charge is 0.119 e. The van der Waals surface area contributed by atoms with Gasteiger partial charge in [0.2, 0.25) is 0 Å². The quantitative estimate of drug-likeness (QED) is 0.779. The third kappa shape index (κ3) is 2.26. The zero-order chi connectivity index (χ0) is 9.97. The fourth-order valence-corrected chi connectivity index (χ4v) is 1.83. The van der Waals surface area contributed by atoms with Gasteiger partial charge in [0.05, 0.1) is 6.10 Å². The molecule has 2 heteroatoms. The van der Waals surface area contributed by atoms with Crippen LogP contribution in [0.2, 0.25) is 0 Å². The molecule has 1 aromatic carbocycles. The lowest BCUT2D eigenvalue weighted by atomic mass is 10.2. The van der Waals surface area contributed by atoms with Gasteiger partial charge in [0.15, 0.2) is 0 Å². The van der Waals surface area contributed by atoms with Crippen LogP contribution in [0, 0.1) is 6.92 Å². The topological polar surface area (TPSA) is 29.5 Å². The average molecular weight is 192 g/mol. The highest BCUT2D eigenvalue weighted by molar-refractivity contribution is 5.26. The van der Waals surface area contributed by atoms with Gasteiger partial charge >= 0.3 is 0 Å². The maximum Gasteiger partial charge on any atom is 0.119 e. The van der Waals surface area contributed by atoms with Crippen molar-refractivity contribution in [2.24, 2.45) is 0 Å². The van der Waals surface area contributed by atoms with Crippen LogP contribution in [0.25, 0.3) is 0 Å². The first-order chi connectivity index (χ1) is 6.74. The number of hydrogen-bond donors (Lipinski definition) is 1. The van der Waals surface area contributed by atoms with Crippen molar-refractivity contribution in [2.45, 2.75) is 38.4 Å². The van der Waals surface area contributed by atoms with E-state index < -0.39 is 0 Å². The first-order valence-electron chi connectivity index (χ1n) is 5.15. The highest BCUT2D eigenvalue weighted by Crippen LogP contribution is 2.24. The van der Waals surface area contributed by atoms with E-state index in [4.69, 9.17) is 4.74 Å². The molecule has 0 aliphatic heterocycles. The molecule has 0 aromatic heterocycles. The van der Waals surface area contributed by atoms with E-state index in [0.29, 0.717) is 0 Å². The number of rotatable bonds is 2. The van der Waals surface area contributed by atoms with E-state index in [1.807, 2.05) is 24.3 Å². The summed E-state index contributed by atoms with van der Waals surface area (Å²) < 4.78 is 5.74. The minimum Gasteiger partial charge on any atom is -0.490 e. The Morgan fingerprint density at radius 2 is 1.93 bits per heavy atom. The maximum absolute atomic E-state index is 9.34. The molecule has 0 amide bonds. The number of aliphatic hydroxyl groups is 1. The molecule has 1 aliphatic carbocycles. The van der Waals surface area contributed by atoms with Crippen molar-refractivity contribution in [1.82, 2.24) is 0 Å². The van der Waals surface area contributed by atoms with Crippen LogP contribution in [0.5, 0.6) is 5.75 Å². The molecule has 0 bridgehead atoms. The monoisotopic (exact) mass is 192 g/mol. The minimum absolute atomic E-state index is 0.162. The van der Waals surface area contributed by atoms with Crippen LogP contribution in [-0.2, 0) is 0 Å². The largest absolute Gasteiger partial charge is 0.490 e. The Balaban J connectivity index is 1.94. The molecule has 14 heavy (non-hydrogen) atoms. The number of ether oxygens (including phenoxy) is 1. The Kier molecular flexibility index (Phi) is 2.73. The maximum atomic E-state index is 9.34. The Hall–Kier alpha value is -1.02.